The maximum Gasteiger partial charge on any atom is 0.0709 e. The molecule has 0 amide bonds. The Morgan fingerprint density at radius 1 is 1.08 bits per heavy atom. The lowest BCUT2D eigenvalue weighted by molar-refractivity contribution is -0.0540. The third kappa shape index (κ3) is 1.28. The number of hydrogen-bond donors (Lipinski definition) is 0. The van der Waals surface area contributed by atoms with E-state index in [2.05, 4.69) is 13.8 Å². The number of hydrogen-bond acceptors (Lipinski definition) is 1. The molecule has 0 aromatic rings. The zero-order valence-corrected chi connectivity index (χ0v) is 8.31. The Hall–Kier alpha value is -0.0400. The molecule has 1 unspecified atom stereocenters. The van der Waals surface area contributed by atoms with E-state index in [9.17, 15) is 0 Å². The summed E-state index contributed by atoms with van der Waals surface area (Å²) in [5.74, 6) is 1.75. The SMILES string of the molecule is CC1CCC2(CC1)OCCC2C. The van der Waals surface area contributed by atoms with Crippen LogP contribution in [0.3, 0.4) is 0 Å². The second-order valence-electron chi connectivity index (χ2n) is 4.79. The van der Waals surface area contributed by atoms with Gasteiger partial charge in [-0.25, -0.2) is 0 Å². The molecule has 1 heterocycles. The summed E-state index contributed by atoms with van der Waals surface area (Å²) in [5.41, 5.74) is 0.312. The van der Waals surface area contributed by atoms with Crippen molar-refractivity contribution in [3.63, 3.8) is 0 Å². The first kappa shape index (κ1) is 8.55. The second-order valence-corrected chi connectivity index (χ2v) is 4.79. The van der Waals surface area contributed by atoms with Crippen LogP contribution in [0.4, 0.5) is 0 Å². The van der Waals surface area contributed by atoms with Crippen LogP contribution in [-0.2, 0) is 4.74 Å². The van der Waals surface area contributed by atoms with E-state index >= 15 is 0 Å². The van der Waals surface area contributed by atoms with E-state index < -0.39 is 0 Å². The second kappa shape index (κ2) is 3.02. The van der Waals surface area contributed by atoms with Crippen molar-refractivity contribution in [3.8, 4) is 0 Å². The van der Waals surface area contributed by atoms with Crippen molar-refractivity contribution in [1.29, 1.82) is 0 Å². The molecule has 1 saturated carbocycles. The topological polar surface area (TPSA) is 9.23 Å². The summed E-state index contributed by atoms with van der Waals surface area (Å²) in [5, 5.41) is 0. The van der Waals surface area contributed by atoms with Gasteiger partial charge in [0, 0.05) is 6.61 Å². The van der Waals surface area contributed by atoms with Crippen LogP contribution in [0.5, 0.6) is 0 Å². The van der Waals surface area contributed by atoms with Crippen molar-refractivity contribution in [2.24, 2.45) is 11.8 Å². The van der Waals surface area contributed by atoms with Crippen molar-refractivity contribution >= 4 is 0 Å². The largest absolute Gasteiger partial charge is 0.375 e. The molecule has 0 aromatic carbocycles. The van der Waals surface area contributed by atoms with Gasteiger partial charge in [0.15, 0.2) is 0 Å². The first-order chi connectivity index (χ1) is 5.73. The van der Waals surface area contributed by atoms with Crippen LogP contribution in [0.2, 0.25) is 0 Å². The Balaban J connectivity index is 2.02. The van der Waals surface area contributed by atoms with Crippen LogP contribution in [-0.4, -0.2) is 12.2 Å². The molecule has 1 nitrogen and oxygen atoms in total. The molecule has 0 radical (unpaired) electrons. The Bertz CT molecular complexity index is 156. The third-order valence-electron chi connectivity index (χ3n) is 3.96. The molecular formula is C11H20O. The van der Waals surface area contributed by atoms with E-state index in [1.165, 1.54) is 32.1 Å². The molecule has 0 bridgehead atoms. The van der Waals surface area contributed by atoms with Crippen molar-refractivity contribution in [1.82, 2.24) is 0 Å². The first-order valence-electron chi connectivity index (χ1n) is 5.37. The normalized spacial score (nSPS) is 48.5. The molecular weight excluding hydrogens is 148 g/mol. The van der Waals surface area contributed by atoms with Gasteiger partial charge in [-0.05, 0) is 43.9 Å². The standard InChI is InChI=1S/C11H20O/c1-9-3-6-11(7-4-9)10(2)5-8-12-11/h9-10H,3-8H2,1-2H3. The van der Waals surface area contributed by atoms with Crippen LogP contribution in [0.25, 0.3) is 0 Å². The van der Waals surface area contributed by atoms with Gasteiger partial charge in [0.2, 0.25) is 0 Å². The molecule has 1 atom stereocenters. The van der Waals surface area contributed by atoms with Crippen molar-refractivity contribution in [2.75, 3.05) is 6.61 Å². The fourth-order valence-electron chi connectivity index (χ4n) is 2.73. The Labute approximate surface area is 75.5 Å². The highest BCUT2D eigenvalue weighted by Gasteiger charge is 2.43. The molecule has 1 spiro atoms. The maximum atomic E-state index is 5.94. The first-order valence-corrected chi connectivity index (χ1v) is 5.37. The Kier molecular flexibility index (Phi) is 2.16. The maximum absolute atomic E-state index is 5.94. The predicted octanol–water partition coefficient (Wildman–Crippen LogP) is 2.99. The highest BCUT2D eigenvalue weighted by molar-refractivity contribution is 4.93. The number of rotatable bonds is 0. The molecule has 1 heteroatoms. The zero-order chi connectivity index (χ0) is 8.60. The fourth-order valence-corrected chi connectivity index (χ4v) is 2.73. The quantitative estimate of drug-likeness (QED) is 0.540. The van der Waals surface area contributed by atoms with Crippen molar-refractivity contribution < 1.29 is 4.74 Å². The molecule has 1 saturated heterocycles. The summed E-state index contributed by atoms with van der Waals surface area (Å²) in [6, 6.07) is 0. The fraction of sp³-hybridized carbons (Fsp3) is 1.00. The summed E-state index contributed by atoms with van der Waals surface area (Å²) in [6.45, 7) is 5.74. The van der Waals surface area contributed by atoms with Crippen LogP contribution in [0, 0.1) is 11.8 Å². The predicted molar refractivity (Wildman–Crippen MR) is 50.1 cm³/mol. The minimum absolute atomic E-state index is 0.312. The zero-order valence-electron chi connectivity index (χ0n) is 8.31. The van der Waals surface area contributed by atoms with E-state index in [0.29, 0.717) is 5.60 Å². The van der Waals surface area contributed by atoms with Crippen LogP contribution in [0.1, 0.15) is 46.0 Å². The van der Waals surface area contributed by atoms with Gasteiger partial charge in [0.1, 0.15) is 0 Å². The van der Waals surface area contributed by atoms with Gasteiger partial charge >= 0.3 is 0 Å². The third-order valence-corrected chi connectivity index (χ3v) is 3.96. The van der Waals surface area contributed by atoms with Gasteiger partial charge in [0.25, 0.3) is 0 Å². The molecule has 2 fully saturated rings. The van der Waals surface area contributed by atoms with Crippen LogP contribution in [0.15, 0.2) is 0 Å². The van der Waals surface area contributed by atoms with Gasteiger partial charge in [0.05, 0.1) is 5.60 Å². The molecule has 1 aliphatic carbocycles. The molecule has 1 aliphatic heterocycles. The Morgan fingerprint density at radius 3 is 2.25 bits per heavy atom. The Morgan fingerprint density at radius 2 is 1.75 bits per heavy atom. The minimum Gasteiger partial charge on any atom is -0.375 e. The number of ether oxygens (including phenoxy) is 1. The van der Waals surface area contributed by atoms with E-state index in [1.54, 1.807) is 0 Å². The molecule has 2 aliphatic rings. The average Bonchev–Trinajstić information content (AvgIpc) is 2.41. The summed E-state index contributed by atoms with van der Waals surface area (Å²) in [7, 11) is 0. The van der Waals surface area contributed by atoms with E-state index in [1.807, 2.05) is 0 Å². The summed E-state index contributed by atoms with van der Waals surface area (Å²) in [6.07, 6.45) is 6.67. The van der Waals surface area contributed by atoms with Crippen molar-refractivity contribution in [2.45, 2.75) is 51.6 Å². The van der Waals surface area contributed by atoms with Gasteiger partial charge in [-0.1, -0.05) is 13.8 Å². The van der Waals surface area contributed by atoms with Gasteiger partial charge in [-0.2, -0.15) is 0 Å². The minimum atomic E-state index is 0.312. The van der Waals surface area contributed by atoms with Gasteiger partial charge in [-0.3, -0.25) is 0 Å². The highest BCUT2D eigenvalue weighted by atomic mass is 16.5. The summed E-state index contributed by atoms with van der Waals surface area (Å²) < 4.78 is 5.94. The van der Waals surface area contributed by atoms with Gasteiger partial charge in [-0.15, -0.1) is 0 Å². The monoisotopic (exact) mass is 168 g/mol. The van der Waals surface area contributed by atoms with E-state index in [0.717, 1.165) is 18.4 Å². The molecule has 0 aromatic heterocycles. The lowest BCUT2D eigenvalue weighted by atomic mass is 9.73. The van der Waals surface area contributed by atoms with E-state index in [4.69, 9.17) is 4.74 Å². The van der Waals surface area contributed by atoms with Crippen molar-refractivity contribution in [3.05, 3.63) is 0 Å². The molecule has 2 rings (SSSR count). The molecule has 0 N–H and O–H groups in total. The average molecular weight is 168 g/mol. The lowest BCUT2D eigenvalue weighted by Crippen LogP contribution is -2.37. The molecule has 12 heavy (non-hydrogen) atoms. The smallest absolute Gasteiger partial charge is 0.0709 e. The van der Waals surface area contributed by atoms with Crippen LogP contribution < -0.4 is 0 Å². The summed E-state index contributed by atoms with van der Waals surface area (Å²) in [4.78, 5) is 0. The highest BCUT2D eigenvalue weighted by Crippen LogP contribution is 2.44. The van der Waals surface area contributed by atoms with Crippen LogP contribution >= 0.6 is 0 Å². The van der Waals surface area contributed by atoms with Gasteiger partial charge < -0.3 is 4.74 Å². The molecule has 70 valence electrons. The lowest BCUT2D eigenvalue weighted by Gasteiger charge is -2.38. The van der Waals surface area contributed by atoms with E-state index in [-0.39, 0.29) is 0 Å². The summed E-state index contributed by atoms with van der Waals surface area (Å²) >= 11 is 0.